The Labute approximate surface area is 51.9 Å². The first-order chi connectivity index (χ1) is 4.27. The fourth-order valence-corrected chi connectivity index (χ4v) is 1.51. The molecular formula is C5H7NO3. The molecular weight excluding hydrogens is 122 g/mol. The molecule has 0 aliphatic heterocycles. The second kappa shape index (κ2) is 1.37. The van der Waals surface area contributed by atoms with Crippen molar-refractivity contribution in [2.24, 2.45) is 11.8 Å². The molecule has 50 valence electrons. The summed E-state index contributed by atoms with van der Waals surface area (Å²) in [6.07, 6.45) is 2.01. The molecule has 0 aromatic rings. The van der Waals surface area contributed by atoms with E-state index >= 15 is 0 Å². The van der Waals surface area contributed by atoms with Gasteiger partial charge in [-0.15, -0.1) is 10.1 Å². The quantitative estimate of drug-likeness (QED) is 0.405. The minimum absolute atomic E-state index is 0.0509. The van der Waals surface area contributed by atoms with E-state index in [-0.39, 0.29) is 6.10 Å². The minimum atomic E-state index is -0.681. The molecule has 3 unspecified atom stereocenters. The van der Waals surface area contributed by atoms with E-state index in [4.69, 9.17) is 0 Å². The topological polar surface area (TPSA) is 52.4 Å². The first kappa shape index (κ1) is 5.02. The maximum Gasteiger partial charge on any atom is 0.294 e. The zero-order chi connectivity index (χ0) is 6.43. The van der Waals surface area contributed by atoms with Gasteiger partial charge in [-0.2, -0.15) is 0 Å². The van der Waals surface area contributed by atoms with E-state index < -0.39 is 5.09 Å². The molecule has 2 aliphatic rings. The van der Waals surface area contributed by atoms with E-state index in [1.54, 1.807) is 0 Å². The first-order valence-electron chi connectivity index (χ1n) is 3.08. The van der Waals surface area contributed by atoms with Gasteiger partial charge < -0.3 is 4.84 Å². The third-order valence-corrected chi connectivity index (χ3v) is 2.21. The highest BCUT2D eigenvalue weighted by atomic mass is 17.0. The van der Waals surface area contributed by atoms with Gasteiger partial charge in [0.25, 0.3) is 5.09 Å². The van der Waals surface area contributed by atoms with Crippen LogP contribution >= 0.6 is 0 Å². The van der Waals surface area contributed by atoms with Crippen molar-refractivity contribution in [3.8, 4) is 0 Å². The average molecular weight is 129 g/mol. The molecule has 2 rings (SSSR count). The number of rotatable bonds is 2. The van der Waals surface area contributed by atoms with Crippen LogP contribution in [0.2, 0.25) is 0 Å². The molecule has 0 heterocycles. The van der Waals surface area contributed by atoms with Gasteiger partial charge >= 0.3 is 0 Å². The Morgan fingerprint density at radius 3 is 2.67 bits per heavy atom. The van der Waals surface area contributed by atoms with Gasteiger partial charge in [-0.1, -0.05) is 0 Å². The summed E-state index contributed by atoms with van der Waals surface area (Å²) in [5.41, 5.74) is 0. The van der Waals surface area contributed by atoms with Crippen LogP contribution in [0.15, 0.2) is 0 Å². The van der Waals surface area contributed by atoms with Crippen molar-refractivity contribution < 1.29 is 9.92 Å². The molecule has 3 atom stereocenters. The van der Waals surface area contributed by atoms with Crippen molar-refractivity contribution in [3.05, 3.63) is 10.1 Å². The van der Waals surface area contributed by atoms with E-state index in [1.165, 1.54) is 0 Å². The van der Waals surface area contributed by atoms with Crippen LogP contribution in [-0.4, -0.2) is 11.2 Å². The van der Waals surface area contributed by atoms with Crippen LogP contribution in [0.25, 0.3) is 0 Å². The molecule has 0 aromatic carbocycles. The summed E-state index contributed by atoms with van der Waals surface area (Å²) in [4.78, 5) is 14.1. The highest BCUT2D eigenvalue weighted by molar-refractivity contribution is 5.03. The summed E-state index contributed by atoms with van der Waals surface area (Å²) in [6.45, 7) is 0. The molecule has 9 heavy (non-hydrogen) atoms. The van der Waals surface area contributed by atoms with Gasteiger partial charge in [-0.25, -0.2) is 0 Å². The van der Waals surface area contributed by atoms with Crippen LogP contribution in [-0.2, 0) is 4.84 Å². The van der Waals surface area contributed by atoms with Gasteiger partial charge in [0, 0.05) is 0 Å². The smallest absolute Gasteiger partial charge is 0.294 e. The first-order valence-corrected chi connectivity index (χ1v) is 3.08. The fraction of sp³-hybridized carbons (Fsp3) is 1.00. The highest BCUT2D eigenvalue weighted by Crippen LogP contribution is 2.56. The lowest BCUT2D eigenvalue weighted by atomic mass is 9.97. The van der Waals surface area contributed by atoms with Crippen LogP contribution in [0.4, 0.5) is 0 Å². The van der Waals surface area contributed by atoms with Gasteiger partial charge in [-0.05, 0) is 24.7 Å². The lowest BCUT2D eigenvalue weighted by Crippen LogP contribution is -2.27. The van der Waals surface area contributed by atoms with Crippen LogP contribution in [0.5, 0.6) is 0 Å². The Morgan fingerprint density at radius 2 is 2.33 bits per heavy atom. The highest BCUT2D eigenvalue weighted by Gasteiger charge is 2.55. The molecule has 0 spiro atoms. The van der Waals surface area contributed by atoms with Crippen LogP contribution < -0.4 is 0 Å². The summed E-state index contributed by atoms with van der Waals surface area (Å²) in [5.74, 6) is 1.31. The zero-order valence-electron chi connectivity index (χ0n) is 4.82. The van der Waals surface area contributed by atoms with E-state index in [2.05, 4.69) is 4.84 Å². The SMILES string of the molecule is O=[N+]([O-])OC1CC2CC21. The third-order valence-electron chi connectivity index (χ3n) is 2.21. The summed E-state index contributed by atoms with van der Waals surface area (Å²) >= 11 is 0. The van der Waals surface area contributed by atoms with E-state index in [0.717, 1.165) is 18.8 Å². The molecule has 2 fully saturated rings. The molecule has 4 nitrogen and oxygen atoms in total. The van der Waals surface area contributed by atoms with Gasteiger partial charge in [0.1, 0.15) is 6.10 Å². The lowest BCUT2D eigenvalue weighted by Gasteiger charge is -2.21. The molecule has 0 radical (unpaired) electrons. The normalized spacial score (nSPS) is 44.7. The fourth-order valence-electron chi connectivity index (χ4n) is 1.51. The Hall–Kier alpha value is -0.800. The molecule has 2 saturated carbocycles. The van der Waals surface area contributed by atoms with Gasteiger partial charge in [0.15, 0.2) is 0 Å². The predicted octanol–water partition coefficient (Wildman–Crippen LogP) is 0.603. The molecule has 2 aliphatic carbocycles. The number of hydrogen-bond donors (Lipinski definition) is 0. The van der Waals surface area contributed by atoms with Crippen molar-refractivity contribution in [2.45, 2.75) is 18.9 Å². The summed E-state index contributed by atoms with van der Waals surface area (Å²) in [5, 5.41) is 9.07. The molecule has 0 bridgehead atoms. The number of nitrogens with zero attached hydrogens (tertiary/aromatic N) is 1. The Kier molecular flexibility index (Phi) is 0.766. The zero-order valence-corrected chi connectivity index (χ0v) is 4.82. The number of hydrogen-bond acceptors (Lipinski definition) is 3. The Balaban J connectivity index is 1.81. The molecule has 0 saturated heterocycles. The van der Waals surface area contributed by atoms with E-state index in [1.807, 2.05) is 0 Å². The summed E-state index contributed by atoms with van der Waals surface area (Å²) in [7, 11) is 0. The van der Waals surface area contributed by atoms with Crippen molar-refractivity contribution in [3.63, 3.8) is 0 Å². The molecule has 4 heteroatoms. The van der Waals surface area contributed by atoms with Gasteiger partial charge in [0.05, 0.1) is 0 Å². The molecule has 0 amide bonds. The summed E-state index contributed by atoms with van der Waals surface area (Å²) in [6, 6.07) is 0. The monoisotopic (exact) mass is 129 g/mol. The van der Waals surface area contributed by atoms with Crippen LogP contribution in [0.3, 0.4) is 0 Å². The largest absolute Gasteiger partial charge is 0.310 e. The predicted molar refractivity (Wildman–Crippen MR) is 28.1 cm³/mol. The van der Waals surface area contributed by atoms with Crippen molar-refractivity contribution >= 4 is 0 Å². The maximum absolute atomic E-state index is 9.75. The van der Waals surface area contributed by atoms with Gasteiger partial charge in [-0.3, -0.25) is 0 Å². The van der Waals surface area contributed by atoms with Crippen molar-refractivity contribution in [2.75, 3.05) is 0 Å². The summed E-state index contributed by atoms with van der Waals surface area (Å²) < 4.78 is 0. The lowest BCUT2D eigenvalue weighted by molar-refractivity contribution is -0.772. The second-order valence-electron chi connectivity index (χ2n) is 2.76. The third kappa shape index (κ3) is 0.658. The Morgan fingerprint density at radius 1 is 1.56 bits per heavy atom. The average Bonchev–Trinajstić information content (AvgIpc) is 2.35. The molecule has 0 N–H and O–H groups in total. The van der Waals surface area contributed by atoms with E-state index in [9.17, 15) is 10.1 Å². The van der Waals surface area contributed by atoms with E-state index in [0.29, 0.717) is 5.92 Å². The van der Waals surface area contributed by atoms with Crippen LogP contribution in [0, 0.1) is 22.0 Å². The standard InChI is InChI=1S/C5H7NO3/c7-6(8)9-5-2-3-1-4(3)5/h3-5H,1-2H2. The maximum atomic E-state index is 9.75. The van der Waals surface area contributed by atoms with Crippen molar-refractivity contribution in [1.82, 2.24) is 0 Å². The van der Waals surface area contributed by atoms with Crippen LogP contribution in [0.1, 0.15) is 12.8 Å². The van der Waals surface area contributed by atoms with Crippen molar-refractivity contribution in [1.29, 1.82) is 0 Å². The minimum Gasteiger partial charge on any atom is -0.310 e. The molecule has 0 aromatic heterocycles. The number of fused-ring (bicyclic) bond motifs is 1. The second-order valence-corrected chi connectivity index (χ2v) is 2.76. The van der Waals surface area contributed by atoms with Gasteiger partial charge in [0.2, 0.25) is 0 Å². The Bertz CT molecular complexity index is 158.